The van der Waals surface area contributed by atoms with Gasteiger partial charge in [0, 0.05) is 18.7 Å². The van der Waals surface area contributed by atoms with Crippen molar-refractivity contribution < 1.29 is 9.53 Å². The number of amides is 1. The van der Waals surface area contributed by atoms with Gasteiger partial charge in [-0.1, -0.05) is 18.2 Å². The molecule has 0 atom stereocenters. The number of methoxy groups -OCH3 is 1. The molecule has 19 heavy (non-hydrogen) atoms. The number of ether oxygens (including phenoxy) is 1. The van der Waals surface area contributed by atoms with E-state index in [9.17, 15) is 4.79 Å². The Morgan fingerprint density at radius 2 is 2.05 bits per heavy atom. The summed E-state index contributed by atoms with van der Waals surface area (Å²) in [6.07, 6.45) is 2.46. The number of likely N-dealkylation sites (tertiary alicyclic amines) is 1. The fourth-order valence-electron chi connectivity index (χ4n) is 2.54. The van der Waals surface area contributed by atoms with Gasteiger partial charge in [0.25, 0.3) is 0 Å². The van der Waals surface area contributed by atoms with Gasteiger partial charge in [-0.25, -0.2) is 0 Å². The molecule has 4 heteroatoms. The predicted molar refractivity (Wildman–Crippen MR) is 75.1 cm³/mol. The van der Waals surface area contributed by atoms with Crippen molar-refractivity contribution >= 4 is 5.91 Å². The quantitative estimate of drug-likeness (QED) is 0.893. The highest BCUT2D eigenvalue weighted by Crippen LogP contribution is 2.21. The van der Waals surface area contributed by atoms with Crippen molar-refractivity contribution in [1.82, 2.24) is 4.90 Å². The zero-order valence-electron chi connectivity index (χ0n) is 11.5. The van der Waals surface area contributed by atoms with E-state index in [-0.39, 0.29) is 5.91 Å². The van der Waals surface area contributed by atoms with Crippen molar-refractivity contribution in [2.24, 2.45) is 11.7 Å². The van der Waals surface area contributed by atoms with E-state index in [2.05, 4.69) is 0 Å². The maximum absolute atomic E-state index is 12.3. The van der Waals surface area contributed by atoms with Gasteiger partial charge in [-0.3, -0.25) is 4.79 Å². The Morgan fingerprint density at radius 3 is 2.68 bits per heavy atom. The van der Waals surface area contributed by atoms with E-state index in [4.69, 9.17) is 10.5 Å². The van der Waals surface area contributed by atoms with Gasteiger partial charge in [0.05, 0.1) is 13.5 Å². The monoisotopic (exact) mass is 262 g/mol. The molecule has 4 nitrogen and oxygen atoms in total. The minimum atomic E-state index is 0.181. The molecule has 1 fully saturated rings. The first-order valence-electron chi connectivity index (χ1n) is 6.84. The molecular weight excluding hydrogens is 240 g/mol. The molecule has 1 aromatic rings. The highest BCUT2D eigenvalue weighted by atomic mass is 16.5. The van der Waals surface area contributed by atoms with Crippen LogP contribution >= 0.6 is 0 Å². The summed E-state index contributed by atoms with van der Waals surface area (Å²) in [6.45, 7) is 2.39. The third-order valence-corrected chi connectivity index (χ3v) is 3.83. The molecule has 2 rings (SSSR count). The summed E-state index contributed by atoms with van der Waals surface area (Å²) in [7, 11) is 1.63. The number of nitrogens with two attached hydrogens (primary N) is 1. The van der Waals surface area contributed by atoms with Crippen LogP contribution in [0.3, 0.4) is 0 Å². The van der Waals surface area contributed by atoms with E-state index in [0.29, 0.717) is 12.3 Å². The van der Waals surface area contributed by atoms with Gasteiger partial charge in [-0.05, 0) is 31.4 Å². The first-order valence-corrected chi connectivity index (χ1v) is 6.84. The molecule has 1 amide bonds. The average Bonchev–Trinajstić information content (AvgIpc) is 2.48. The number of carbonyl (C=O) groups is 1. The number of nitrogens with zero attached hydrogens (tertiary/aromatic N) is 1. The third-order valence-electron chi connectivity index (χ3n) is 3.83. The lowest BCUT2D eigenvalue weighted by molar-refractivity contribution is -0.131. The first kappa shape index (κ1) is 13.9. The maximum Gasteiger partial charge on any atom is 0.227 e. The second-order valence-corrected chi connectivity index (χ2v) is 5.05. The van der Waals surface area contributed by atoms with Crippen LogP contribution in [0.15, 0.2) is 24.3 Å². The van der Waals surface area contributed by atoms with Crippen LogP contribution in [0.5, 0.6) is 5.75 Å². The summed E-state index contributed by atoms with van der Waals surface area (Å²) in [5.41, 5.74) is 6.62. The van der Waals surface area contributed by atoms with Crippen LogP contribution in [-0.4, -0.2) is 37.6 Å². The van der Waals surface area contributed by atoms with Crippen molar-refractivity contribution in [1.29, 1.82) is 0 Å². The lowest BCUT2D eigenvalue weighted by Gasteiger charge is -2.31. The molecule has 1 aliphatic heterocycles. The predicted octanol–water partition coefficient (Wildman–Crippen LogP) is 1.44. The van der Waals surface area contributed by atoms with Crippen LogP contribution in [0.25, 0.3) is 0 Å². The van der Waals surface area contributed by atoms with Gasteiger partial charge in [0.15, 0.2) is 0 Å². The molecule has 1 saturated heterocycles. The fraction of sp³-hybridized carbons (Fsp3) is 0.533. The van der Waals surface area contributed by atoms with E-state index in [1.54, 1.807) is 7.11 Å². The number of rotatable bonds is 4. The topological polar surface area (TPSA) is 55.6 Å². The molecule has 0 bridgehead atoms. The van der Waals surface area contributed by atoms with Crippen LogP contribution in [0.2, 0.25) is 0 Å². The van der Waals surface area contributed by atoms with E-state index in [0.717, 1.165) is 43.8 Å². The number of carbonyl (C=O) groups excluding carboxylic acids is 1. The van der Waals surface area contributed by atoms with Crippen molar-refractivity contribution in [3.63, 3.8) is 0 Å². The minimum Gasteiger partial charge on any atom is -0.496 e. The summed E-state index contributed by atoms with van der Waals surface area (Å²) in [5.74, 6) is 1.54. The normalized spacial score (nSPS) is 16.4. The Balaban J connectivity index is 1.94. The highest BCUT2D eigenvalue weighted by molar-refractivity contribution is 5.79. The largest absolute Gasteiger partial charge is 0.496 e. The Bertz CT molecular complexity index is 426. The fourth-order valence-corrected chi connectivity index (χ4v) is 2.54. The molecule has 0 aromatic heterocycles. The molecule has 2 N–H and O–H groups in total. The van der Waals surface area contributed by atoms with Gasteiger partial charge in [0.2, 0.25) is 5.91 Å². The van der Waals surface area contributed by atoms with Gasteiger partial charge < -0.3 is 15.4 Å². The highest BCUT2D eigenvalue weighted by Gasteiger charge is 2.22. The molecule has 104 valence electrons. The zero-order chi connectivity index (χ0) is 13.7. The maximum atomic E-state index is 12.3. The molecule has 0 radical (unpaired) electrons. The van der Waals surface area contributed by atoms with Crippen molar-refractivity contribution in [2.75, 3.05) is 26.7 Å². The zero-order valence-corrected chi connectivity index (χ0v) is 11.5. The van der Waals surface area contributed by atoms with E-state index in [1.807, 2.05) is 29.2 Å². The van der Waals surface area contributed by atoms with E-state index in [1.165, 1.54) is 0 Å². The first-order chi connectivity index (χ1) is 9.24. The molecule has 1 heterocycles. The van der Waals surface area contributed by atoms with Crippen molar-refractivity contribution in [2.45, 2.75) is 19.3 Å². The number of para-hydroxylation sites is 1. The van der Waals surface area contributed by atoms with Crippen LogP contribution in [0.1, 0.15) is 18.4 Å². The minimum absolute atomic E-state index is 0.181. The Kier molecular flexibility index (Phi) is 4.80. The standard InChI is InChI=1S/C15H22N2O2/c1-19-14-5-3-2-4-13(14)10-15(18)17-8-6-12(11-16)7-9-17/h2-5,12H,6-11,16H2,1H3. The Hall–Kier alpha value is -1.55. The summed E-state index contributed by atoms with van der Waals surface area (Å²) >= 11 is 0. The lowest BCUT2D eigenvalue weighted by Crippen LogP contribution is -2.40. The molecular formula is C15H22N2O2. The average molecular weight is 262 g/mol. The van der Waals surface area contributed by atoms with Gasteiger partial charge in [0.1, 0.15) is 5.75 Å². The van der Waals surface area contributed by atoms with Gasteiger partial charge in [-0.15, -0.1) is 0 Å². The lowest BCUT2D eigenvalue weighted by atomic mass is 9.96. The molecule has 1 aromatic carbocycles. The molecule has 0 spiro atoms. The van der Waals surface area contributed by atoms with Crippen LogP contribution in [0, 0.1) is 5.92 Å². The summed E-state index contributed by atoms with van der Waals surface area (Å²) in [6, 6.07) is 7.69. The van der Waals surface area contributed by atoms with Crippen LogP contribution < -0.4 is 10.5 Å². The second kappa shape index (κ2) is 6.57. The van der Waals surface area contributed by atoms with E-state index >= 15 is 0 Å². The molecule has 1 aliphatic rings. The van der Waals surface area contributed by atoms with Crippen LogP contribution in [-0.2, 0) is 11.2 Å². The summed E-state index contributed by atoms with van der Waals surface area (Å²) in [5, 5.41) is 0. The number of hydrogen-bond donors (Lipinski definition) is 1. The third kappa shape index (κ3) is 3.47. The molecule has 0 saturated carbocycles. The van der Waals surface area contributed by atoms with Gasteiger partial charge >= 0.3 is 0 Å². The van der Waals surface area contributed by atoms with Crippen molar-refractivity contribution in [3.8, 4) is 5.75 Å². The smallest absolute Gasteiger partial charge is 0.227 e. The summed E-state index contributed by atoms with van der Waals surface area (Å²) < 4.78 is 5.28. The number of piperidine rings is 1. The van der Waals surface area contributed by atoms with Gasteiger partial charge in [-0.2, -0.15) is 0 Å². The molecule has 0 aliphatic carbocycles. The Labute approximate surface area is 114 Å². The number of hydrogen-bond acceptors (Lipinski definition) is 3. The van der Waals surface area contributed by atoms with Crippen LogP contribution in [0.4, 0.5) is 0 Å². The SMILES string of the molecule is COc1ccccc1CC(=O)N1CCC(CN)CC1. The summed E-state index contributed by atoms with van der Waals surface area (Å²) in [4.78, 5) is 14.2. The Morgan fingerprint density at radius 1 is 1.37 bits per heavy atom. The number of benzene rings is 1. The molecule has 0 unspecified atom stereocenters. The second-order valence-electron chi connectivity index (χ2n) is 5.05. The van der Waals surface area contributed by atoms with E-state index < -0.39 is 0 Å². The van der Waals surface area contributed by atoms with Crippen molar-refractivity contribution in [3.05, 3.63) is 29.8 Å².